The van der Waals surface area contributed by atoms with Gasteiger partial charge in [-0.05, 0) is 74.7 Å². The highest BCUT2D eigenvalue weighted by molar-refractivity contribution is 5.94. The standard InChI is InChI=1S/C19H21F4NO/c1-9(19-6-10-2-11(7-19)4-12(3-10)8-19)24-18(25)13-5-14(20)16(22)17(23)15(13)21/h5,9-12H,2-4,6-8H2,1H3,(H,24,25)/t9-,10?,11?,12?,19?/m1/s1. The van der Waals surface area contributed by atoms with E-state index < -0.39 is 34.7 Å². The maximum absolute atomic E-state index is 13.9. The first-order valence-electron chi connectivity index (χ1n) is 8.93. The van der Waals surface area contributed by atoms with E-state index in [4.69, 9.17) is 0 Å². The topological polar surface area (TPSA) is 29.1 Å². The fraction of sp³-hybridized carbons (Fsp3) is 0.632. The first-order valence-corrected chi connectivity index (χ1v) is 8.93. The smallest absolute Gasteiger partial charge is 0.254 e. The van der Waals surface area contributed by atoms with Gasteiger partial charge >= 0.3 is 0 Å². The summed E-state index contributed by atoms with van der Waals surface area (Å²) in [7, 11) is 0. The molecule has 0 unspecified atom stereocenters. The predicted molar refractivity (Wildman–Crippen MR) is 83.8 cm³/mol. The first-order chi connectivity index (χ1) is 11.8. The molecular formula is C19H21F4NO. The monoisotopic (exact) mass is 355 g/mol. The second-order valence-electron chi connectivity index (χ2n) is 8.32. The number of amides is 1. The zero-order valence-electron chi connectivity index (χ0n) is 14.0. The highest BCUT2D eigenvalue weighted by Crippen LogP contribution is 2.61. The molecule has 4 fully saturated rings. The Morgan fingerprint density at radius 3 is 2.04 bits per heavy atom. The highest BCUT2D eigenvalue weighted by Gasteiger charge is 2.53. The summed E-state index contributed by atoms with van der Waals surface area (Å²) >= 11 is 0. The van der Waals surface area contributed by atoms with Crippen LogP contribution < -0.4 is 5.32 Å². The van der Waals surface area contributed by atoms with E-state index in [2.05, 4.69) is 5.32 Å². The molecule has 1 aromatic rings. The summed E-state index contributed by atoms with van der Waals surface area (Å²) in [6, 6.07) is 0.208. The van der Waals surface area contributed by atoms with Gasteiger partial charge in [-0.15, -0.1) is 0 Å². The van der Waals surface area contributed by atoms with Crippen molar-refractivity contribution in [3.63, 3.8) is 0 Å². The third-order valence-corrected chi connectivity index (χ3v) is 6.70. The molecule has 5 rings (SSSR count). The van der Waals surface area contributed by atoms with Crippen molar-refractivity contribution in [2.75, 3.05) is 0 Å². The third-order valence-electron chi connectivity index (χ3n) is 6.70. The van der Waals surface area contributed by atoms with E-state index in [1.165, 1.54) is 19.3 Å². The number of carbonyl (C=O) groups excluding carboxylic acids is 1. The van der Waals surface area contributed by atoms with Gasteiger partial charge in [0.25, 0.3) is 5.91 Å². The SMILES string of the molecule is C[C@@H](NC(=O)c1cc(F)c(F)c(F)c1F)C12CC3CC(CC(C3)C1)C2. The number of halogens is 4. The molecule has 1 aromatic carbocycles. The van der Waals surface area contributed by atoms with Crippen LogP contribution in [0.15, 0.2) is 6.07 Å². The van der Waals surface area contributed by atoms with E-state index in [0.717, 1.165) is 19.3 Å². The molecule has 0 aliphatic heterocycles. The van der Waals surface area contributed by atoms with Crippen LogP contribution in [0.2, 0.25) is 0 Å². The lowest BCUT2D eigenvalue weighted by atomic mass is 9.48. The molecule has 1 N–H and O–H groups in total. The Labute approximate surface area is 144 Å². The minimum Gasteiger partial charge on any atom is -0.349 e. The van der Waals surface area contributed by atoms with E-state index in [0.29, 0.717) is 23.8 Å². The number of carbonyl (C=O) groups is 1. The van der Waals surface area contributed by atoms with Crippen molar-refractivity contribution in [2.24, 2.45) is 23.2 Å². The van der Waals surface area contributed by atoms with Crippen molar-refractivity contribution in [2.45, 2.75) is 51.5 Å². The normalized spacial score (nSPS) is 34.2. The van der Waals surface area contributed by atoms with Gasteiger partial charge in [0.1, 0.15) is 0 Å². The zero-order chi connectivity index (χ0) is 17.9. The van der Waals surface area contributed by atoms with Crippen molar-refractivity contribution in [1.29, 1.82) is 0 Å². The molecule has 1 atom stereocenters. The lowest BCUT2D eigenvalue weighted by Gasteiger charge is -2.59. The third kappa shape index (κ3) is 2.64. The zero-order valence-corrected chi connectivity index (χ0v) is 14.0. The summed E-state index contributed by atoms with van der Waals surface area (Å²) in [6.45, 7) is 1.89. The van der Waals surface area contributed by atoms with Gasteiger partial charge in [0.2, 0.25) is 0 Å². The van der Waals surface area contributed by atoms with Crippen LogP contribution in [0.3, 0.4) is 0 Å². The molecule has 0 heterocycles. The molecule has 136 valence electrons. The average Bonchev–Trinajstić information content (AvgIpc) is 2.54. The van der Waals surface area contributed by atoms with E-state index >= 15 is 0 Å². The summed E-state index contributed by atoms with van der Waals surface area (Å²) < 4.78 is 53.7. The van der Waals surface area contributed by atoms with Crippen LogP contribution in [0.25, 0.3) is 0 Å². The molecule has 25 heavy (non-hydrogen) atoms. The second kappa shape index (κ2) is 5.71. The molecule has 4 bridgehead atoms. The first kappa shape index (κ1) is 16.9. The maximum Gasteiger partial charge on any atom is 0.254 e. The Hall–Kier alpha value is -1.59. The number of hydrogen-bond donors (Lipinski definition) is 1. The van der Waals surface area contributed by atoms with Crippen LogP contribution in [0, 0.1) is 46.4 Å². The van der Waals surface area contributed by atoms with E-state index in [-0.39, 0.29) is 11.5 Å². The molecule has 4 aliphatic carbocycles. The van der Waals surface area contributed by atoms with Crippen LogP contribution in [0.1, 0.15) is 55.8 Å². The minimum atomic E-state index is -1.95. The molecule has 1 amide bonds. The van der Waals surface area contributed by atoms with Gasteiger partial charge in [0.15, 0.2) is 23.3 Å². The summed E-state index contributed by atoms with van der Waals surface area (Å²) in [5.41, 5.74) is -0.800. The Morgan fingerprint density at radius 2 is 1.52 bits per heavy atom. The molecule has 0 spiro atoms. The number of nitrogens with one attached hydrogen (secondary N) is 1. The molecule has 0 aromatic heterocycles. The van der Waals surface area contributed by atoms with E-state index in [1.54, 1.807) is 0 Å². The fourth-order valence-electron chi connectivity index (χ4n) is 5.87. The van der Waals surface area contributed by atoms with Crippen LogP contribution in [0.4, 0.5) is 17.6 Å². The molecule has 0 radical (unpaired) electrons. The highest BCUT2D eigenvalue weighted by atomic mass is 19.2. The average molecular weight is 355 g/mol. The summed E-state index contributed by atoms with van der Waals surface area (Å²) in [6.07, 6.45) is 6.87. The number of benzene rings is 1. The summed E-state index contributed by atoms with van der Waals surface area (Å²) in [5.74, 6) is -5.90. The molecule has 4 saturated carbocycles. The lowest BCUT2D eigenvalue weighted by molar-refractivity contribution is -0.0688. The maximum atomic E-state index is 13.9. The number of hydrogen-bond acceptors (Lipinski definition) is 1. The second-order valence-corrected chi connectivity index (χ2v) is 8.32. The van der Waals surface area contributed by atoms with Gasteiger partial charge in [-0.25, -0.2) is 17.6 Å². The van der Waals surface area contributed by atoms with Crippen LogP contribution in [0.5, 0.6) is 0 Å². The van der Waals surface area contributed by atoms with Gasteiger partial charge in [0, 0.05) is 6.04 Å². The van der Waals surface area contributed by atoms with Gasteiger partial charge < -0.3 is 5.32 Å². The molecule has 0 saturated heterocycles. The quantitative estimate of drug-likeness (QED) is 0.480. The Bertz CT molecular complexity index is 697. The van der Waals surface area contributed by atoms with Gasteiger partial charge in [-0.1, -0.05) is 0 Å². The minimum absolute atomic E-state index is 0.0159. The van der Waals surface area contributed by atoms with Gasteiger partial charge in [0.05, 0.1) is 5.56 Å². The van der Waals surface area contributed by atoms with Gasteiger partial charge in [-0.3, -0.25) is 4.79 Å². The van der Waals surface area contributed by atoms with Crippen molar-refractivity contribution in [1.82, 2.24) is 5.32 Å². The van der Waals surface area contributed by atoms with Crippen molar-refractivity contribution in [3.05, 3.63) is 34.9 Å². The van der Waals surface area contributed by atoms with Crippen molar-refractivity contribution in [3.8, 4) is 0 Å². The van der Waals surface area contributed by atoms with Crippen molar-refractivity contribution < 1.29 is 22.4 Å². The fourth-order valence-corrected chi connectivity index (χ4v) is 5.87. The number of rotatable bonds is 3. The summed E-state index contributed by atoms with van der Waals surface area (Å²) in [5, 5.41) is 2.73. The Morgan fingerprint density at radius 1 is 1.00 bits per heavy atom. The molecule has 2 nitrogen and oxygen atoms in total. The Kier molecular flexibility index (Phi) is 3.85. The van der Waals surface area contributed by atoms with Crippen molar-refractivity contribution >= 4 is 5.91 Å². The summed E-state index contributed by atoms with van der Waals surface area (Å²) in [4.78, 5) is 12.4. The van der Waals surface area contributed by atoms with Gasteiger partial charge in [-0.2, -0.15) is 0 Å². The Balaban J connectivity index is 1.55. The van der Waals surface area contributed by atoms with E-state index in [9.17, 15) is 22.4 Å². The predicted octanol–water partition coefficient (Wildman–Crippen LogP) is 4.58. The lowest BCUT2D eigenvalue weighted by Crippen LogP contribution is -2.55. The van der Waals surface area contributed by atoms with Crippen LogP contribution in [-0.2, 0) is 0 Å². The van der Waals surface area contributed by atoms with Crippen LogP contribution in [-0.4, -0.2) is 11.9 Å². The van der Waals surface area contributed by atoms with E-state index in [1.807, 2.05) is 6.92 Å². The molecular weight excluding hydrogens is 334 g/mol. The molecule has 4 aliphatic rings. The molecule has 6 heteroatoms. The van der Waals surface area contributed by atoms with Crippen LogP contribution >= 0.6 is 0 Å². The largest absolute Gasteiger partial charge is 0.349 e.